The molecule has 1 N–H and O–H groups in total. The molecule has 0 saturated carbocycles. The molecule has 0 fully saturated rings. The summed E-state index contributed by atoms with van der Waals surface area (Å²) in [5.41, 5.74) is 3.16. The minimum Gasteiger partial charge on any atom is -0.497 e. The van der Waals surface area contributed by atoms with Crippen LogP contribution in [0.1, 0.15) is 27.9 Å². The van der Waals surface area contributed by atoms with E-state index in [0.29, 0.717) is 39.4 Å². The Morgan fingerprint density at radius 2 is 1.66 bits per heavy atom. The van der Waals surface area contributed by atoms with Gasteiger partial charge in [0.25, 0.3) is 10.0 Å². The molecule has 1 atom stereocenters. The zero-order valence-electron chi connectivity index (χ0n) is 23.8. The number of benzene rings is 2. The van der Waals surface area contributed by atoms with Crippen LogP contribution in [0, 0.1) is 27.7 Å². The van der Waals surface area contributed by atoms with Crippen molar-refractivity contribution in [1.82, 2.24) is 13.9 Å². The van der Waals surface area contributed by atoms with E-state index in [1.54, 1.807) is 39.1 Å². The standard InChI is InChI=1S/C27H29N3O8S2.Na/c1-15-9-20(38-13-24(31)32)10-16(2)26(15)40(34,35)30-23-11-19(36-5)7-8-21(23)29-27(30)39(33)14-22-18(4)25(37-6)17(3)12-28-22;/h7-12H,13-14H2,1-6H3,(H,31,32);. The second-order valence-corrected chi connectivity index (χ2v) is 12.2. The molecule has 0 aliphatic carbocycles. The van der Waals surface area contributed by atoms with Gasteiger partial charge in [-0.25, -0.2) is 22.2 Å². The van der Waals surface area contributed by atoms with Crippen molar-refractivity contribution in [3.05, 3.63) is 64.5 Å². The molecular formula is C27H29N3NaO8S2. The Bertz CT molecular complexity index is 1750. The molecule has 11 nitrogen and oxygen atoms in total. The quantitative estimate of drug-likeness (QED) is 0.265. The van der Waals surface area contributed by atoms with E-state index in [2.05, 4.69) is 9.97 Å². The first-order valence-electron chi connectivity index (χ1n) is 12.0. The monoisotopic (exact) mass is 610 g/mol. The van der Waals surface area contributed by atoms with Gasteiger partial charge in [-0.05, 0) is 63.1 Å². The number of aliphatic carboxylic acids is 1. The van der Waals surface area contributed by atoms with Gasteiger partial charge in [-0.1, -0.05) is 0 Å². The number of hydrogen-bond donors (Lipinski definition) is 1. The zero-order valence-corrected chi connectivity index (χ0v) is 27.5. The van der Waals surface area contributed by atoms with Gasteiger partial charge in [-0.15, -0.1) is 0 Å². The number of carboxylic acids is 1. The van der Waals surface area contributed by atoms with Crippen molar-refractivity contribution < 1.29 is 36.7 Å². The SMILES string of the molecule is COc1ccc2nc(S(=O)Cc3ncc(C)c(OC)c3C)n(S(=O)(=O)c3c(C)cc(OCC(=O)O)cc3C)c2c1.[Na]. The first-order chi connectivity index (χ1) is 18.9. The fourth-order valence-corrected chi connectivity index (χ4v) is 8.02. The van der Waals surface area contributed by atoms with Gasteiger partial charge >= 0.3 is 5.97 Å². The molecule has 0 saturated heterocycles. The normalized spacial score (nSPS) is 12.0. The Morgan fingerprint density at radius 3 is 2.24 bits per heavy atom. The summed E-state index contributed by atoms with van der Waals surface area (Å²) < 4.78 is 59.4. The smallest absolute Gasteiger partial charge is 0.341 e. The number of rotatable bonds is 10. The molecule has 0 aliphatic rings. The summed E-state index contributed by atoms with van der Waals surface area (Å²) in [6.45, 7) is 6.24. The van der Waals surface area contributed by atoms with Gasteiger partial charge in [0.15, 0.2) is 6.61 Å². The molecular weight excluding hydrogens is 581 g/mol. The third kappa shape index (κ3) is 6.44. The third-order valence-corrected chi connectivity index (χ3v) is 9.65. The van der Waals surface area contributed by atoms with Crippen LogP contribution in [-0.4, -0.2) is 88.0 Å². The average Bonchev–Trinajstić information content (AvgIpc) is 3.28. The Morgan fingerprint density at radius 1 is 1.00 bits per heavy atom. The van der Waals surface area contributed by atoms with E-state index in [0.717, 1.165) is 9.54 Å². The number of carbonyl (C=O) groups is 1. The van der Waals surface area contributed by atoms with Crippen LogP contribution in [0.4, 0.5) is 0 Å². The number of nitrogens with zero attached hydrogens (tertiary/aromatic N) is 3. The molecule has 0 bridgehead atoms. The number of aromatic nitrogens is 3. The first kappa shape index (κ1) is 32.5. The van der Waals surface area contributed by atoms with Crippen LogP contribution in [0.25, 0.3) is 11.0 Å². The average molecular weight is 611 g/mol. The molecule has 4 rings (SSSR count). The van der Waals surface area contributed by atoms with Gasteiger partial charge < -0.3 is 19.3 Å². The topological polar surface area (TPSA) is 147 Å². The van der Waals surface area contributed by atoms with E-state index in [4.69, 9.17) is 19.3 Å². The third-order valence-electron chi connectivity index (χ3n) is 6.31. The van der Waals surface area contributed by atoms with E-state index in [1.165, 1.54) is 32.4 Å². The van der Waals surface area contributed by atoms with E-state index in [-0.39, 0.29) is 56.6 Å². The van der Waals surface area contributed by atoms with Gasteiger partial charge in [-0.2, -0.15) is 0 Å². The Labute approximate surface area is 262 Å². The van der Waals surface area contributed by atoms with Crippen LogP contribution in [0.5, 0.6) is 17.2 Å². The minimum absolute atomic E-state index is 0. The summed E-state index contributed by atoms with van der Waals surface area (Å²) in [5.74, 6) is -0.0310. The molecule has 1 unspecified atom stereocenters. The van der Waals surface area contributed by atoms with Gasteiger partial charge in [0.05, 0.1) is 52.4 Å². The largest absolute Gasteiger partial charge is 0.497 e. The summed E-state index contributed by atoms with van der Waals surface area (Å²) in [6.07, 6.45) is 1.61. The number of ether oxygens (including phenoxy) is 3. The molecule has 0 spiro atoms. The predicted octanol–water partition coefficient (Wildman–Crippen LogP) is 3.31. The summed E-state index contributed by atoms with van der Waals surface area (Å²) in [6, 6.07) is 7.66. The summed E-state index contributed by atoms with van der Waals surface area (Å²) in [7, 11) is -3.31. The van der Waals surface area contributed by atoms with Crippen LogP contribution < -0.4 is 14.2 Å². The molecule has 4 aromatic rings. The fourth-order valence-electron chi connectivity index (χ4n) is 4.56. The van der Waals surface area contributed by atoms with E-state index in [9.17, 15) is 17.4 Å². The number of fused-ring (bicyclic) bond motifs is 1. The summed E-state index contributed by atoms with van der Waals surface area (Å²) in [5, 5.41) is 8.76. The number of hydrogen-bond acceptors (Lipinski definition) is 9. The molecule has 1 radical (unpaired) electrons. The number of pyridine rings is 1. The summed E-state index contributed by atoms with van der Waals surface area (Å²) >= 11 is 0. The van der Waals surface area contributed by atoms with Crippen molar-refractivity contribution in [2.24, 2.45) is 0 Å². The molecule has 0 amide bonds. The van der Waals surface area contributed by atoms with Crippen LogP contribution in [-0.2, 0) is 31.4 Å². The molecule has 41 heavy (non-hydrogen) atoms. The van der Waals surface area contributed by atoms with Crippen molar-refractivity contribution in [3.63, 3.8) is 0 Å². The molecule has 14 heteroatoms. The van der Waals surface area contributed by atoms with E-state index in [1.807, 2.05) is 6.92 Å². The van der Waals surface area contributed by atoms with Crippen molar-refractivity contribution in [2.45, 2.75) is 43.5 Å². The van der Waals surface area contributed by atoms with Crippen molar-refractivity contribution in [3.8, 4) is 17.2 Å². The van der Waals surface area contributed by atoms with E-state index < -0.39 is 33.4 Å². The van der Waals surface area contributed by atoms with Crippen LogP contribution in [0.2, 0.25) is 0 Å². The van der Waals surface area contributed by atoms with Crippen LogP contribution >= 0.6 is 0 Å². The molecule has 2 aromatic heterocycles. The van der Waals surface area contributed by atoms with Crippen molar-refractivity contribution in [2.75, 3.05) is 20.8 Å². The number of methoxy groups -OCH3 is 2. The molecule has 2 aromatic carbocycles. The number of aryl methyl sites for hydroxylation is 3. The van der Waals surface area contributed by atoms with Crippen molar-refractivity contribution in [1.29, 1.82) is 0 Å². The van der Waals surface area contributed by atoms with Crippen LogP contribution in [0.3, 0.4) is 0 Å². The zero-order chi connectivity index (χ0) is 29.4. The fraction of sp³-hybridized carbons (Fsp3) is 0.296. The minimum atomic E-state index is -4.37. The second-order valence-electron chi connectivity index (χ2n) is 9.12. The Kier molecular flexibility index (Phi) is 10.2. The molecule has 0 aliphatic heterocycles. The predicted molar refractivity (Wildman–Crippen MR) is 154 cm³/mol. The Hall–Kier alpha value is -2.97. The van der Waals surface area contributed by atoms with E-state index >= 15 is 0 Å². The number of imidazole rings is 1. The van der Waals surface area contributed by atoms with Gasteiger partial charge in [0.2, 0.25) is 5.16 Å². The first-order valence-corrected chi connectivity index (χ1v) is 14.8. The second kappa shape index (κ2) is 12.9. The Balaban J connectivity index is 0.00000462. The molecule has 213 valence electrons. The van der Waals surface area contributed by atoms with Crippen molar-refractivity contribution >= 4 is 67.4 Å². The maximum Gasteiger partial charge on any atom is 0.341 e. The maximum absolute atomic E-state index is 14.3. The molecule has 2 heterocycles. The maximum atomic E-state index is 14.3. The van der Waals surface area contributed by atoms with Gasteiger partial charge in [0, 0.05) is 52.9 Å². The van der Waals surface area contributed by atoms with Gasteiger partial charge in [-0.3, -0.25) is 9.19 Å². The summed E-state index contributed by atoms with van der Waals surface area (Å²) in [4.78, 5) is 19.8. The van der Waals surface area contributed by atoms with Gasteiger partial charge in [0.1, 0.15) is 17.2 Å². The van der Waals surface area contributed by atoms with Crippen LogP contribution in [0.15, 0.2) is 46.6 Å². The number of carboxylic acid groups (broad SMARTS) is 1.